The Balaban J connectivity index is 1.92. The minimum atomic E-state index is -0.385. The first-order valence-corrected chi connectivity index (χ1v) is 7.67. The van der Waals surface area contributed by atoms with Gasteiger partial charge in [0.25, 0.3) is 5.69 Å². The van der Waals surface area contributed by atoms with Crippen molar-refractivity contribution in [3.63, 3.8) is 0 Å². The van der Waals surface area contributed by atoms with E-state index in [1.807, 2.05) is 19.1 Å². The number of nitro benzene ring substituents is 1. The van der Waals surface area contributed by atoms with E-state index in [1.54, 1.807) is 29.2 Å². The fraction of sp³-hybridized carbons (Fsp3) is 0.176. The number of nitrogens with zero attached hydrogens (tertiary/aromatic N) is 4. The average Bonchev–Trinajstić information content (AvgIpc) is 3.18. The number of fused-ring (bicyclic) bond motifs is 1. The van der Waals surface area contributed by atoms with E-state index >= 15 is 0 Å². The highest BCUT2D eigenvalue weighted by Gasteiger charge is 2.25. The number of aromatic nitrogens is 3. The van der Waals surface area contributed by atoms with Gasteiger partial charge in [-0.05, 0) is 31.0 Å². The number of hydrogen-bond donors (Lipinski definition) is 1. The molecule has 0 atom stereocenters. The number of benzene rings is 1. The van der Waals surface area contributed by atoms with Gasteiger partial charge >= 0.3 is 0 Å². The highest BCUT2D eigenvalue weighted by Crippen LogP contribution is 2.35. The minimum Gasteiger partial charge on any atom is -0.369 e. The summed E-state index contributed by atoms with van der Waals surface area (Å²) in [6, 6.07) is 8.68. The lowest BCUT2D eigenvalue weighted by Gasteiger charge is -2.09. The Morgan fingerprint density at radius 2 is 2.04 bits per heavy atom. The lowest BCUT2D eigenvalue weighted by molar-refractivity contribution is -0.384. The summed E-state index contributed by atoms with van der Waals surface area (Å²) in [6.45, 7) is 2.76. The minimum absolute atomic E-state index is 0.0586. The lowest BCUT2D eigenvalue weighted by atomic mass is 10.1. The molecule has 1 aliphatic rings. The molecule has 3 heterocycles. The van der Waals surface area contributed by atoms with E-state index in [4.69, 9.17) is 5.10 Å². The monoisotopic (exact) mass is 321 g/mol. The van der Waals surface area contributed by atoms with E-state index < -0.39 is 0 Å². The molecule has 24 heavy (non-hydrogen) atoms. The fourth-order valence-electron chi connectivity index (χ4n) is 3.03. The van der Waals surface area contributed by atoms with Gasteiger partial charge in [0.05, 0.1) is 16.3 Å². The molecule has 0 radical (unpaired) electrons. The van der Waals surface area contributed by atoms with Crippen LogP contribution in [-0.4, -0.2) is 26.2 Å². The summed E-state index contributed by atoms with van der Waals surface area (Å²) in [6.07, 6.45) is 4.35. The number of aryl methyl sites for hydroxylation is 1. The Labute approximate surface area is 138 Å². The zero-order chi connectivity index (χ0) is 16.7. The topological polar surface area (TPSA) is 85.9 Å². The molecule has 0 fully saturated rings. The second kappa shape index (κ2) is 5.45. The van der Waals surface area contributed by atoms with Crippen molar-refractivity contribution in [2.24, 2.45) is 0 Å². The molecule has 0 bridgehead atoms. The van der Waals surface area contributed by atoms with Crippen LogP contribution in [-0.2, 0) is 6.42 Å². The number of non-ortho nitro benzene ring substituents is 1. The average molecular weight is 321 g/mol. The molecule has 0 spiro atoms. The molecule has 0 unspecified atom stereocenters. The van der Waals surface area contributed by atoms with E-state index in [-0.39, 0.29) is 10.6 Å². The van der Waals surface area contributed by atoms with Crippen LogP contribution in [0.2, 0.25) is 0 Å². The highest BCUT2D eigenvalue weighted by atomic mass is 16.6. The summed E-state index contributed by atoms with van der Waals surface area (Å²) in [5, 5.41) is 19.2. The zero-order valence-electron chi connectivity index (χ0n) is 13.1. The SMILES string of the molecule is Cc1ccc([N+](=O)[O-])cc1-n1nc(-c2ccncc2)c2c1NCC2. The van der Waals surface area contributed by atoms with Gasteiger partial charge in [-0.2, -0.15) is 5.10 Å². The van der Waals surface area contributed by atoms with Crippen LogP contribution in [0.5, 0.6) is 0 Å². The van der Waals surface area contributed by atoms with E-state index in [2.05, 4.69) is 10.3 Å². The third-order valence-corrected chi connectivity index (χ3v) is 4.24. The molecule has 0 saturated heterocycles. The number of hydrogen-bond acceptors (Lipinski definition) is 5. The van der Waals surface area contributed by atoms with Crippen molar-refractivity contribution in [2.45, 2.75) is 13.3 Å². The van der Waals surface area contributed by atoms with Crippen molar-refractivity contribution in [2.75, 3.05) is 11.9 Å². The van der Waals surface area contributed by atoms with Crippen molar-refractivity contribution < 1.29 is 4.92 Å². The van der Waals surface area contributed by atoms with Gasteiger partial charge in [-0.3, -0.25) is 15.1 Å². The smallest absolute Gasteiger partial charge is 0.271 e. The van der Waals surface area contributed by atoms with Crippen LogP contribution >= 0.6 is 0 Å². The lowest BCUT2D eigenvalue weighted by Crippen LogP contribution is -2.06. The second-order valence-electron chi connectivity index (χ2n) is 5.73. The zero-order valence-corrected chi connectivity index (χ0v) is 13.1. The van der Waals surface area contributed by atoms with Crippen molar-refractivity contribution >= 4 is 11.5 Å². The molecular weight excluding hydrogens is 306 g/mol. The van der Waals surface area contributed by atoms with Crippen LogP contribution < -0.4 is 5.32 Å². The van der Waals surface area contributed by atoms with Gasteiger partial charge in [-0.25, -0.2) is 4.68 Å². The molecule has 0 saturated carbocycles. The van der Waals surface area contributed by atoms with Gasteiger partial charge in [-0.1, -0.05) is 6.07 Å². The molecule has 1 aliphatic heterocycles. The number of rotatable bonds is 3. The maximum Gasteiger partial charge on any atom is 0.271 e. The molecule has 120 valence electrons. The van der Waals surface area contributed by atoms with Crippen LogP contribution in [0.1, 0.15) is 11.1 Å². The summed E-state index contributed by atoms with van der Waals surface area (Å²) in [7, 11) is 0. The Morgan fingerprint density at radius 3 is 2.79 bits per heavy atom. The summed E-state index contributed by atoms with van der Waals surface area (Å²) >= 11 is 0. The molecule has 1 aromatic carbocycles. The normalized spacial score (nSPS) is 12.7. The van der Waals surface area contributed by atoms with Crippen LogP contribution in [0.15, 0.2) is 42.7 Å². The van der Waals surface area contributed by atoms with E-state index in [0.29, 0.717) is 0 Å². The first kappa shape index (κ1) is 14.4. The van der Waals surface area contributed by atoms with E-state index in [1.165, 1.54) is 6.07 Å². The third kappa shape index (κ3) is 2.21. The van der Waals surface area contributed by atoms with E-state index in [9.17, 15) is 10.1 Å². The molecule has 0 aliphatic carbocycles. The molecule has 4 rings (SSSR count). The van der Waals surface area contributed by atoms with Gasteiger partial charge < -0.3 is 5.32 Å². The summed E-state index contributed by atoms with van der Waals surface area (Å²) in [5.74, 6) is 0.908. The Kier molecular flexibility index (Phi) is 3.26. The van der Waals surface area contributed by atoms with Crippen LogP contribution in [0.3, 0.4) is 0 Å². The van der Waals surface area contributed by atoms with Gasteiger partial charge in [0, 0.05) is 42.2 Å². The van der Waals surface area contributed by atoms with Crippen LogP contribution in [0.25, 0.3) is 16.9 Å². The van der Waals surface area contributed by atoms with Crippen molar-refractivity contribution in [1.82, 2.24) is 14.8 Å². The van der Waals surface area contributed by atoms with Gasteiger partial charge in [0.2, 0.25) is 0 Å². The van der Waals surface area contributed by atoms with Crippen molar-refractivity contribution in [3.05, 3.63) is 64.0 Å². The van der Waals surface area contributed by atoms with Gasteiger partial charge in [0.1, 0.15) is 5.82 Å². The van der Waals surface area contributed by atoms with Crippen LogP contribution in [0, 0.1) is 17.0 Å². The number of nitrogens with one attached hydrogen (secondary N) is 1. The third-order valence-electron chi connectivity index (χ3n) is 4.24. The Bertz CT molecular complexity index is 934. The van der Waals surface area contributed by atoms with E-state index in [0.717, 1.165) is 46.9 Å². The maximum atomic E-state index is 11.1. The molecule has 7 heteroatoms. The van der Waals surface area contributed by atoms with Crippen molar-refractivity contribution in [3.8, 4) is 16.9 Å². The van der Waals surface area contributed by atoms with Crippen molar-refractivity contribution in [1.29, 1.82) is 0 Å². The standard InChI is InChI=1S/C17H15N5O2/c1-11-2-3-13(22(23)24)10-15(11)21-17-14(6-9-19-17)16(20-21)12-4-7-18-8-5-12/h2-5,7-8,10,19H,6,9H2,1H3. The number of pyridine rings is 1. The quantitative estimate of drug-likeness (QED) is 0.591. The summed E-state index contributed by atoms with van der Waals surface area (Å²) < 4.78 is 1.78. The predicted octanol–water partition coefficient (Wildman–Crippen LogP) is 3.12. The summed E-state index contributed by atoms with van der Waals surface area (Å²) in [5.41, 5.74) is 4.72. The fourth-order valence-corrected chi connectivity index (χ4v) is 3.03. The maximum absolute atomic E-state index is 11.1. The molecule has 3 aromatic rings. The Hall–Kier alpha value is -3.22. The Morgan fingerprint density at radius 1 is 1.25 bits per heavy atom. The number of anilines is 1. The van der Waals surface area contributed by atoms with Gasteiger partial charge in [-0.15, -0.1) is 0 Å². The predicted molar refractivity (Wildman–Crippen MR) is 90.4 cm³/mol. The molecule has 1 N–H and O–H groups in total. The largest absolute Gasteiger partial charge is 0.369 e. The molecule has 7 nitrogen and oxygen atoms in total. The summed E-state index contributed by atoms with van der Waals surface area (Å²) in [4.78, 5) is 14.8. The molecule has 2 aromatic heterocycles. The second-order valence-corrected chi connectivity index (χ2v) is 5.73. The highest BCUT2D eigenvalue weighted by molar-refractivity contribution is 5.73. The van der Waals surface area contributed by atoms with Crippen LogP contribution in [0.4, 0.5) is 11.5 Å². The first-order valence-electron chi connectivity index (χ1n) is 7.67. The molecule has 0 amide bonds. The molecular formula is C17H15N5O2. The first-order chi connectivity index (χ1) is 11.6. The number of nitro groups is 1. The van der Waals surface area contributed by atoms with Gasteiger partial charge in [0.15, 0.2) is 0 Å².